The summed E-state index contributed by atoms with van der Waals surface area (Å²) in [6.07, 6.45) is 2.07. The summed E-state index contributed by atoms with van der Waals surface area (Å²) in [5.41, 5.74) is 1.14. The number of sulfonamides is 1. The van der Waals surface area contributed by atoms with Gasteiger partial charge >= 0.3 is 0 Å². The molecule has 0 aliphatic heterocycles. The molecular formula is C19H22F2N2O3S. The quantitative estimate of drug-likeness (QED) is 0.709. The van der Waals surface area contributed by atoms with Crippen molar-refractivity contribution in [3.63, 3.8) is 0 Å². The molecule has 0 bridgehead atoms. The fourth-order valence-corrected chi connectivity index (χ4v) is 3.55. The Morgan fingerprint density at radius 1 is 1.07 bits per heavy atom. The third-order valence-electron chi connectivity index (χ3n) is 3.94. The topological polar surface area (TPSA) is 66.5 Å². The number of amides is 1. The number of nitrogens with one attached hydrogen (secondary N) is 1. The minimum atomic E-state index is -3.69. The van der Waals surface area contributed by atoms with Gasteiger partial charge in [-0.1, -0.05) is 30.3 Å². The number of benzene rings is 2. The van der Waals surface area contributed by atoms with Gasteiger partial charge in [-0.05, 0) is 30.5 Å². The highest BCUT2D eigenvalue weighted by Gasteiger charge is 2.19. The lowest BCUT2D eigenvalue weighted by Crippen LogP contribution is -2.32. The molecule has 27 heavy (non-hydrogen) atoms. The van der Waals surface area contributed by atoms with Crippen molar-refractivity contribution in [3.05, 3.63) is 65.7 Å². The van der Waals surface area contributed by atoms with E-state index in [4.69, 9.17) is 0 Å². The molecule has 0 aliphatic rings. The lowest BCUT2D eigenvalue weighted by atomic mass is 10.1. The normalized spacial score (nSPS) is 11.2. The van der Waals surface area contributed by atoms with Crippen molar-refractivity contribution in [1.29, 1.82) is 0 Å². The molecule has 0 atom stereocenters. The number of hydrogen-bond donors (Lipinski definition) is 1. The zero-order chi connectivity index (χ0) is 19.9. The first kappa shape index (κ1) is 20.8. The molecule has 146 valence electrons. The van der Waals surface area contributed by atoms with Gasteiger partial charge in [-0.2, -0.15) is 0 Å². The maximum absolute atomic E-state index is 13.4. The third kappa shape index (κ3) is 6.63. The van der Waals surface area contributed by atoms with Gasteiger partial charge < -0.3 is 5.32 Å². The molecule has 1 N–H and O–H groups in total. The first-order valence-corrected chi connectivity index (χ1v) is 10.4. The molecule has 2 rings (SSSR count). The number of halogens is 2. The molecule has 0 unspecified atom stereocenters. The van der Waals surface area contributed by atoms with Gasteiger partial charge in [0, 0.05) is 25.6 Å². The summed E-state index contributed by atoms with van der Waals surface area (Å²) >= 11 is 0. The highest BCUT2D eigenvalue weighted by molar-refractivity contribution is 7.92. The second kappa shape index (κ2) is 9.45. The molecule has 0 fully saturated rings. The summed E-state index contributed by atoms with van der Waals surface area (Å²) in [7, 11) is -3.69. The van der Waals surface area contributed by atoms with Crippen molar-refractivity contribution in [2.45, 2.75) is 19.3 Å². The minimum Gasteiger partial charge on any atom is -0.356 e. The third-order valence-corrected chi connectivity index (χ3v) is 5.13. The van der Waals surface area contributed by atoms with Crippen molar-refractivity contribution in [1.82, 2.24) is 5.32 Å². The van der Waals surface area contributed by atoms with Gasteiger partial charge in [0.25, 0.3) is 0 Å². The Kier molecular flexibility index (Phi) is 7.29. The van der Waals surface area contributed by atoms with Crippen LogP contribution in [0.25, 0.3) is 0 Å². The van der Waals surface area contributed by atoms with Gasteiger partial charge in [-0.15, -0.1) is 0 Å². The molecule has 2 aromatic rings. The molecular weight excluding hydrogens is 374 g/mol. The van der Waals surface area contributed by atoms with Gasteiger partial charge in [0.15, 0.2) is 11.6 Å². The molecule has 2 aromatic carbocycles. The van der Waals surface area contributed by atoms with Crippen molar-refractivity contribution in [3.8, 4) is 0 Å². The largest absolute Gasteiger partial charge is 0.356 e. The van der Waals surface area contributed by atoms with Gasteiger partial charge in [0.05, 0.1) is 11.9 Å². The van der Waals surface area contributed by atoms with Crippen LogP contribution in [-0.4, -0.2) is 33.7 Å². The second-order valence-corrected chi connectivity index (χ2v) is 8.03. The number of carbonyl (C=O) groups is 1. The van der Waals surface area contributed by atoms with Crippen LogP contribution in [0.4, 0.5) is 14.5 Å². The Morgan fingerprint density at radius 3 is 2.41 bits per heavy atom. The highest BCUT2D eigenvalue weighted by atomic mass is 32.2. The molecule has 0 radical (unpaired) electrons. The predicted molar refractivity (Wildman–Crippen MR) is 101 cm³/mol. The van der Waals surface area contributed by atoms with Crippen LogP contribution < -0.4 is 9.62 Å². The lowest BCUT2D eigenvalue weighted by Gasteiger charge is -2.22. The maximum Gasteiger partial charge on any atom is 0.232 e. The summed E-state index contributed by atoms with van der Waals surface area (Å²) in [4.78, 5) is 11.9. The summed E-state index contributed by atoms with van der Waals surface area (Å²) in [6, 6.07) is 12.6. The van der Waals surface area contributed by atoms with E-state index in [1.165, 1.54) is 6.07 Å². The van der Waals surface area contributed by atoms with Gasteiger partial charge in [-0.25, -0.2) is 17.2 Å². The first-order chi connectivity index (χ1) is 12.8. The predicted octanol–water partition coefficient (Wildman–Crippen LogP) is 2.87. The maximum atomic E-state index is 13.4. The van der Waals surface area contributed by atoms with Crippen molar-refractivity contribution < 1.29 is 22.0 Å². The summed E-state index contributed by atoms with van der Waals surface area (Å²) in [5, 5.41) is 2.78. The van der Waals surface area contributed by atoms with E-state index in [0.717, 1.165) is 28.3 Å². The van der Waals surface area contributed by atoms with Crippen molar-refractivity contribution >= 4 is 21.6 Å². The minimum absolute atomic E-state index is 0.00396. The number of nitrogens with zero attached hydrogens (tertiary/aromatic N) is 1. The van der Waals surface area contributed by atoms with E-state index in [1.54, 1.807) is 0 Å². The average Bonchev–Trinajstić information content (AvgIpc) is 2.61. The van der Waals surface area contributed by atoms with E-state index in [-0.39, 0.29) is 31.0 Å². The van der Waals surface area contributed by atoms with E-state index >= 15 is 0 Å². The van der Waals surface area contributed by atoms with Crippen LogP contribution in [0.2, 0.25) is 0 Å². The van der Waals surface area contributed by atoms with Crippen molar-refractivity contribution in [2.75, 3.05) is 23.7 Å². The molecule has 0 aromatic heterocycles. The second-order valence-electron chi connectivity index (χ2n) is 6.12. The molecule has 0 spiro atoms. The van der Waals surface area contributed by atoms with Crippen LogP contribution in [0.3, 0.4) is 0 Å². The number of carbonyl (C=O) groups excluding carboxylic acids is 1. The number of anilines is 1. The Morgan fingerprint density at radius 2 is 1.78 bits per heavy atom. The number of rotatable bonds is 9. The SMILES string of the molecule is CS(=O)(=O)N(CCCC(=O)NCCc1ccccc1)c1ccc(F)c(F)c1. The average molecular weight is 396 g/mol. The fourth-order valence-electron chi connectivity index (χ4n) is 2.59. The lowest BCUT2D eigenvalue weighted by molar-refractivity contribution is -0.121. The standard InChI is InChI=1S/C19H22F2N2O3S/c1-27(25,26)23(16-9-10-17(20)18(21)14-16)13-5-8-19(24)22-12-11-15-6-3-2-4-7-15/h2-4,6-7,9-10,14H,5,8,11-13H2,1H3,(H,22,24). The molecule has 0 saturated heterocycles. The van der Waals surface area contributed by atoms with E-state index in [9.17, 15) is 22.0 Å². The van der Waals surface area contributed by atoms with Crippen LogP contribution in [0.15, 0.2) is 48.5 Å². The Balaban J connectivity index is 1.84. The van der Waals surface area contributed by atoms with Crippen LogP contribution in [-0.2, 0) is 21.2 Å². The monoisotopic (exact) mass is 396 g/mol. The summed E-state index contributed by atoms with van der Waals surface area (Å²) in [6.45, 7) is 0.484. The molecule has 0 saturated carbocycles. The molecule has 0 heterocycles. The zero-order valence-corrected chi connectivity index (χ0v) is 15.8. The molecule has 0 aliphatic carbocycles. The molecule has 1 amide bonds. The van der Waals surface area contributed by atoms with Gasteiger partial charge in [-0.3, -0.25) is 9.10 Å². The van der Waals surface area contributed by atoms with Crippen molar-refractivity contribution in [2.24, 2.45) is 0 Å². The molecule has 8 heteroatoms. The molecule has 5 nitrogen and oxygen atoms in total. The van der Waals surface area contributed by atoms with E-state index < -0.39 is 21.7 Å². The summed E-state index contributed by atoms with van der Waals surface area (Å²) in [5.74, 6) is -2.37. The van der Waals surface area contributed by atoms with Crippen LogP contribution in [0.1, 0.15) is 18.4 Å². The van der Waals surface area contributed by atoms with Gasteiger partial charge in [0.1, 0.15) is 0 Å². The smallest absolute Gasteiger partial charge is 0.232 e. The Hall–Kier alpha value is -2.48. The van der Waals surface area contributed by atoms with E-state index in [2.05, 4.69) is 5.32 Å². The van der Waals surface area contributed by atoms with Crippen LogP contribution >= 0.6 is 0 Å². The number of hydrogen-bond acceptors (Lipinski definition) is 3. The fraction of sp³-hybridized carbons (Fsp3) is 0.316. The zero-order valence-electron chi connectivity index (χ0n) is 15.0. The van der Waals surface area contributed by atoms with Crippen LogP contribution in [0.5, 0.6) is 0 Å². The first-order valence-electron chi connectivity index (χ1n) is 8.51. The Bertz CT molecular complexity index is 874. The van der Waals surface area contributed by atoms with E-state index in [0.29, 0.717) is 13.0 Å². The van der Waals surface area contributed by atoms with E-state index in [1.807, 2.05) is 30.3 Å². The van der Waals surface area contributed by atoms with Gasteiger partial charge in [0.2, 0.25) is 15.9 Å². The summed E-state index contributed by atoms with van der Waals surface area (Å²) < 4.78 is 51.3. The van der Waals surface area contributed by atoms with Crippen LogP contribution in [0, 0.1) is 11.6 Å². The Labute approximate surface area is 158 Å². The highest BCUT2D eigenvalue weighted by Crippen LogP contribution is 2.21.